The summed E-state index contributed by atoms with van der Waals surface area (Å²) in [6, 6.07) is 2.56. The lowest BCUT2D eigenvalue weighted by atomic mass is 10.3. The van der Waals surface area contributed by atoms with E-state index in [1.807, 2.05) is 0 Å². The third-order valence-electron chi connectivity index (χ3n) is 1.35. The second kappa shape index (κ2) is 4.08. The highest BCUT2D eigenvalue weighted by Gasteiger charge is 2.04. The highest BCUT2D eigenvalue weighted by molar-refractivity contribution is 5.47. The van der Waals surface area contributed by atoms with Crippen LogP contribution in [0.3, 0.4) is 0 Å². The molecule has 1 heterocycles. The zero-order valence-corrected chi connectivity index (χ0v) is 6.86. The van der Waals surface area contributed by atoms with Gasteiger partial charge in [-0.05, 0) is 16.0 Å². The van der Waals surface area contributed by atoms with Crippen LogP contribution in [0.5, 0.6) is 0 Å². The lowest BCUT2D eigenvalue weighted by molar-refractivity contribution is -0.401. The smallest absolute Gasteiger partial charge is 0.358 e. The molecule has 0 spiro atoms. The van der Waals surface area contributed by atoms with E-state index in [1.54, 1.807) is 0 Å². The Morgan fingerprint density at radius 3 is 2.43 bits per heavy atom. The van der Waals surface area contributed by atoms with E-state index < -0.39 is 9.85 Å². The van der Waals surface area contributed by atoms with E-state index in [1.165, 1.54) is 24.4 Å². The molecule has 0 aliphatic carbocycles. The number of pyridine rings is 1. The molecule has 0 aliphatic rings. The van der Waals surface area contributed by atoms with Gasteiger partial charge >= 0.3 is 5.82 Å². The van der Waals surface area contributed by atoms with Gasteiger partial charge in [-0.2, -0.15) is 0 Å². The first-order chi connectivity index (χ1) is 6.59. The monoisotopic (exact) mass is 195 g/mol. The second-order valence-corrected chi connectivity index (χ2v) is 2.31. The van der Waals surface area contributed by atoms with Gasteiger partial charge in [-0.15, -0.1) is 0 Å². The number of hydrogen-bond acceptors (Lipinski definition) is 5. The normalized spacial score (nSPS) is 10.3. The highest BCUT2D eigenvalue weighted by Crippen LogP contribution is 2.08. The summed E-state index contributed by atoms with van der Waals surface area (Å²) in [6.07, 6.45) is 3.14. The number of nitro groups is 2. The summed E-state index contributed by atoms with van der Waals surface area (Å²) in [5, 5.41) is 20.1. The molecule has 1 aromatic rings. The molecule has 0 atom stereocenters. The van der Waals surface area contributed by atoms with Crippen LogP contribution in [-0.2, 0) is 0 Å². The summed E-state index contributed by atoms with van der Waals surface area (Å²) < 4.78 is 0. The molecular weight excluding hydrogens is 190 g/mol. The van der Waals surface area contributed by atoms with Crippen molar-refractivity contribution in [2.75, 3.05) is 0 Å². The third kappa shape index (κ3) is 2.63. The van der Waals surface area contributed by atoms with Crippen LogP contribution >= 0.6 is 0 Å². The van der Waals surface area contributed by atoms with Crippen molar-refractivity contribution in [2.45, 2.75) is 0 Å². The van der Waals surface area contributed by atoms with E-state index in [0.29, 0.717) is 5.56 Å². The summed E-state index contributed by atoms with van der Waals surface area (Å²) in [7, 11) is 0. The molecule has 0 fully saturated rings. The molecule has 1 rings (SSSR count). The molecule has 14 heavy (non-hydrogen) atoms. The molecule has 0 N–H and O–H groups in total. The van der Waals surface area contributed by atoms with Crippen LogP contribution in [0.25, 0.3) is 6.08 Å². The third-order valence-corrected chi connectivity index (χ3v) is 1.35. The topological polar surface area (TPSA) is 99.2 Å². The Balaban J connectivity index is 2.83. The Bertz CT molecular complexity index is 384. The largest absolute Gasteiger partial charge is 0.363 e. The van der Waals surface area contributed by atoms with E-state index in [0.717, 1.165) is 6.20 Å². The Morgan fingerprint density at radius 2 is 2.00 bits per heavy atom. The van der Waals surface area contributed by atoms with Crippen molar-refractivity contribution < 1.29 is 9.85 Å². The Kier molecular flexibility index (Phi) is 2.85. The fourth-order valence-electron chi connectivity index (χ4n) is 0.751. The average Bonchev–Trinajstić information content (AvgIpc) is 2.15. The zero-order valence-electron chi connectivity index (χ0n) is 6.86. The maximum absolute atomic E-state index is 10.2. The van der Waals surface area contributed by atoms with Crippen molar-refractivity contribution >= 4 is 11.9 Å². The summed E-state index contributed by atoms with van der Waals surface area (Å²) >= 11 is 0. The number of nitrogens with zero attached hydrogens (tertiary/aromatic N) is 3. The van der Waals surface area contributed by atoms with Gasteiger partial charge in [0, 0.05) is 17.7 Å². The Labute approximate surface area is 78.0 Å². The molecule has 0 saturated heterocycles. The first-order valence-electron chi connectivity index (χ1n) is 3.52. The molecule has 0 radical (unpaired) electrons. The second-order valence-electron chi connectivity index (χ2n) is 2.31. The minimum Gasteiger partial charge on any atom is -0.358 e. The van der Waals surface area contributed by atoms with Crippen LogP contribution in [0, 0.1) is 20.2 Å². The summed E-state index contributed by atoms with van der Waals surface area (Å²) in [5.41, 5.74) is 0.437. The predicted molar refractivity (Wildman–Crippen MR) is 46.9 cm³/mol. The van der Waals surface area contributed by atoms with Crippen LogP contribution in [0.1, 0.15) is 5.56 Å². The molecular formula is C7H5N3O4. The van der Waals surface area contributed by atoms with Crippen LogP contribution < -0.4 is 0 Å². The van der Waals surface area contributed by atoms with Gasteiger partial charge in [-0.1, -0.05) is 0 Å². The lowest BCUT2D eigenvalue weighted by Gasteiger charge is -1.90. The number of aromatic nitrogens is 1. The van der Waals surface area contributed by atoms with Crippen molar-refractivity contribution in [2.24, 2.45) is 0 Å². The van der Waals surface area contributed by atoms with Gasteiger partial charge in [-0.25, -0.2) is 0 Å². The standard InChI is InChI=1S/C7H5N3O4/c11-9(12)4-3-6-1-2-7(8-5-6)10(13)14/h1-5H. The van der Waals surface area contributed by atoms with E-state index in [4.69, 9.17) is 0 Å². The van der Waals surface area contributed by atoms with Crippen LogP contribution in [0.4, 0.5) is 5.82 Å². The molecule has 72 valence electrons. The van der Waals surface area contributed by atoms with Crippen molar-refractivity contribution in [3.63, 3.8) is 0 Å². The first kappa shape index (κ1) is 9.78. The molecule has 0 aromatic carbocycles. The fraction of sp³-hybridized carbons (Fsp3) is 0. The van der Waals surface area contributed by atoms with Crippen LogP contribution in [0.15, 0.2) is 24.5 Å². The van der Waals surface area contributed by atoms with Gasteiger partial charge in [0.2, 0.25) is 6.20 Å². The molecule has 0 aliphatic heterocycles. The minimum absolute atomic E-state index is 0.289. The summed E-state index contributed by atoms with van der Waals surface area (Å²) in [4.78, 5) is 22.4. The van der Waals surface area contributed by atoms with E-state index in [2.05, 4.69) is 4.98 Å². The molecule has 0 saturated carbocycles. The van der Waals surface area contributed by atoms with Crippen molar-refractivity contribution in [3.05, 3.63) is 50.3 Å². The Hall–Kier alpha value is -2.31. The van der Waals surface area contributed by atoms with Crippen LogP contribution in [-0.4, -0.2) is 14.8 Å². The SMILES string of the molecule is O=[N+]([O-])C=Cc1ccc([N+](=O)[O-])nc1. The first-order valence-corrected chi connectivity index (χ1v) is 3.52. The molecule has 1 aromatic heterocycles. The summed E-state index contributed by atoms with van der Waals surface area (Å²) in [5.74, 6) is -0.289. The molecule has 0 unspecified atom stereocenters. The zero-order chi connectivity index (χ0) is 10.6. The van der Waals surface area contributed by atoms with Gasteiger partial charge in [0.1, 0.15) is 6.20 Å². The molecule has 0 bridgehead atoms. The van der Waals surface area contributed by atoms with Gasteiger partial charge in [0.05, 0.1) is 4.92 Å². The minimum atomic E-state index is -0.638. The lowest BCUT2D eigenvalue weighted by Crippen LogP contribution is -1.91. The maximum atomic E-state index is 10.2. The van der Waals surface area contributed by atoms with Crippen LogP contribution in [0.2, 0.25) is 0 Å². The quantitative estimate of drug-likeness (QED) is 0.533. The fourth-order valence-corrected chi connectivity index (χ4v) is 0.751. The van der Waals surface area contributed by atoms with Gasteiger partial charge in [0.25, 0.3) is 0 Å². The Morgan fingerprint density at radius 1 is 1.29 bits per heavy atom. The van der Waals surface area contributed by atoms with E-state index in [9.17, 15) is 20.2 Å². The average molecular weight is 195 g/mol. The number of rotatable bonds is 3. The highest BCUT2D eigenvalue weighted by atomic mass is 16.6. The van der Waals surface area contributed by atoms with E-state index in [-0.39, 0.29) is 5.82 Å². The van der Waals surface area contributed by atoms with Gasteiger partial charge in [0.15, 0.2) is 0 Å². The van der Waals surface area contributed by atoms with E-state index >= 15 is 0 Å². The number of hydrogen-bond donors (Lipinski definition) is 0. The molecule has 7 nitrogen and oxygen atoms in total. The summed E-state index contributed by atoms with van der Waals surface area (Å²) in [6.45, 7) is 0. The van der Waals surface area contributed by atoms with Crippen molar-refractivity contribution in [1.82, 2.24) is 4.98 Å². The van der Waals surface area contributed by atoms with Gasteiger partial charge < -0.3 is 10.1 Å². The predicted octanol–water partition coefficient (Wildman–Crippen LogP) is 1.24. The van der Waals surface area contributed by atoms with Gasteiger partial charge in [-0.3, -0.25) is 10.1 Å². The van der Waals surface area contributed by atoms with Crippen molar-refractivity contribution in [3.8, 4) is 0 Å². The van der Waals surface area contributed by atoms with Crippen molar-refractivity contribution in [1.29, 1.82) is 0 Å². The maximum Gasteiger partial charge on any atom is 0.363 e. The molecule has 7 heteroatoms. The molecule has 0 amide bonds.